The molecule has 6 nitrogen and oxygen atoms in total. The predicted octanol–water partition coefficient (Wildman–Crippen LogP) is 3.56. The molecule has 0 radical (unpaired) electrons. The summed E-state index contributed by atoms with van der Waals surface area (Å²) in [4.78, 5) is 38.3. The number of hydrogen-bond acceptors (Lipinski definition) is 3. The Morgan fingerprint density at radius 1 is 1.10 bits per heavy atom. The Balaban J connectivity index is 1.72. The molecule has 0 bridgehead atoms. The van der Waals surface area contributed by atoms with Gasteiger partial charge in [-0.2, -0.15) is 0 Å². The number of aryl methyl sites for hydroxylation is 2. The smallest absolute Gasteiger partial charge is 0.326 e. The minimum atomic E-state index is -0.976. The van der Waals surface area contributed by atoms with E-state index in [1.54, 1.807) is 24.3 Å². The van der Waals surface area contributed by atoms with Crippen molar-refractivity contribution >= 4 is 23.5 Å². The largest absolute Gasteiger partial charge is 0.480 e. The molecule has 1 aliphatic rings. The van der Waals surface area contributed by atoms with Gasteiger partial charge in [0.25, 0.3) is 5.91 Å². The lowest BCUT2D eigenvalue weighted by Gasteiger charge is -2.33. The van der Waals surface area contributed by atoms with E-state index >= 15 is 0 Å². The molecule has 1 aliphatic heterocycles. The van der Waals surface area contributed by atoms with Gasteiger partial charge in [-0.3, -0.25) is 9.59 Å². The van der Waals surface area contributed by atoms with E-state index in [9.17, 15) is 19.5 Å². The summed E-state index contributed by atoms with van der Waals surface area (Å²) < 4.78 is 0. The molecule has 2 aromatic rings. The van der Waals surface area contributed by atoms with Gasteiger partial charge in [0.05, 0.1) is 6.42 Å². The highest BCUT2D eigenvalue weighted by atomic mass is 16.4. The van der Waals surface area contributed by atoms with Gasteiger partial charge < -0.3 is 15.3 Å². The van der Waals surface area contributed by atoms with Crippen molar-refractivity contribution < 1.29 is 19.5 Å². The second-order valence-corrected chi connectivity index (χ2v) is 7.58. The maximum atomic E-state index is 12.9. The van der Waals surface area contributed by atoms with Crippen LogP contribution in [0, 0.1) is 13.8 Å². The number of carboxylic acid groups (broad SMARTS) is 1. The van der Waals surface area contributed by atoms with Crippen LogP contribution in [0.15, 0.2) is 42.5 Å². The first-order valence-corrected chi connectivity index (χ1v) is 9.85. The van der Waals surface area contributed by atoms with Crippen LogP contribution in [-0.2, 0) is 16.0 Å². The van der Waals surface area contributed by atoms with E-state index in [2.05, 4.69) is 5.32 Å². The summed E-state index contributed by atoms with van der Waals surface area (Å²) in [6.45, 7) is 4.39. The monoisotopic (exact) mass is 394 g/mol. The Hall–Kier alpha value is -3.15. The molecule has 2 N–H and O–H groups in total. The van der Waals surface area contributed by atoms with Crippen LogP contribution in [-0.4, -0.2) is 40.4 Å². The topological polar surface area (TPSA) is 86.7 Å². The molecule has 6 heteroatoms. The molecule has 2 aromatic carbocycles. The van der Waals surface area contributed by atoms with Crippen LogP contribution in [0.4, 0.5) is 5.69 Å². The number of carboxylic acids is 1. The lowest BCUT2D eigenvalue weighted by molar-refractivity contribution is -0.143. The number of hydrogen-bond donors (Lipinski definition) is 2. The van der Waals surface area contributed by atoms with Crippen molar-refractivity contribution in [1.82, 2.24) is 4.90 Å². The lowest BCUT2D eigenvalue weighted by Crippen LogP contribution is -2.48. The maximum absolute atomic E-state index is 12.9. The van der Waals surface area contributed by atoms with Gasteiger partial charge in [0.1, 0.15) is 6.04 Å². The predicted molar refractivity (Wildman–Crippen MR) is 111 cm³/mol. The number of carbonyl (C=O) groups excluding carboxylic acids is 2. The average molecular weight is 394 g/mol. The van der Waals surface area contributed by atoms with E-state index < -0.39 is 12.0 Å². The fourth-order valence-electron chi connectivity index (χ4n) is 3.70. The minimum Gasteiger partial charge on any atom is -0.480 e. The van der Waals surface area contributed by atoms with E-state index in [1.807, 2.05) is 32.0 Å². The first-order chi connectivity index (χ1) is 13.8. The van der Waals surface area contributed by atoms with Crippen molar-refractivity contribution in [2.24, 2.45) is 0 Å². The van der Waals surface area contributed by atoms with E-state index in [4.69, 9.17) is 0 Å². The molecule has 0 aliphatic carbocycles. The Morgan fingerprint density at radius 3 is 2.66 bits per heavy atom. The molecule has 2 amide bonds. The van der Waals surface area contributed by atoms with E-state index in [1.165, 1.54) is 4.90 Å². The van der Waals surface area contributed by atoms with Crippen molar-refractivity contribution in [2.75, 3.05) is 11.9 Å². The Bertz CT molecular complexity index is 938. The number of nitrogens with zero attached hydrogens (tertiary/aromatic N) is 1. The van der Waals surface area contributed by atoms with Gasteiger partial charge in [-0.25, -0.2) is 4.79 Å². The number of amides is 2. The highest BCUT2D eigenvalue weighted by Crippen LogP contribution is 2.21. The third-order valence-electron chi connectivity index (χ3n) is 5.30. The molecule has 3 rings (SSSR count). The number of rotatable bonds is 5. The molecule has 0 aromatic heterocycles. The number of piperidine rings is 1. The van der Waals surface area contributed by atoms with E-state index in [-0.39, 0.29) is 18.2 Å². The summed E-state index contributed by atoms with van der Waals surface area (Å²) in [5.74, 6) is -1.46. The number of likely N-dealkylation sites (tertiary alicyclic amines) is 1. The summed E-state index contributed by atoms with van der Waals surface area (Å²) in [6.07, 6.45) is 2.31. The van der Waals surface area contributed by atoms with Crippen LogP contribution in [0.2, 0.25) is 0 Å². The maximum Gasteiger partial charge on any atom is 0.326 e. The van der Waals surface area contributed by atoms with Crippen molar-refractivity contribution in [1.29, 1.82) is 0 Å². The van der Waals surface area contributed by atoms with Crippen molar-refractivity contribution in [3.63, 3.8) is 0 Å². The second kappa shape index (κ2) is 8.90. The molecule has 1 unspecified atom stereocenters. The van der Waals surface area contributed by atoms with Gasteiger partial charge >= 0.3 is 5.97 Å². The zero-order valence-corrected chi connectivity index (χ0v) is 16.8. The molecule has 0 spiro atoms. The molecule has 152 valence electrons. The summed E-state index contributed by atoms with van der Waals surface area (Å²) in [5.41, 5.74) is 4.02. The second-order valence-electron chi connectivity index (χ2n) is 7.58. The number of benzene rings is 2. The van der Waals surface area contributed by atoms with Crippen LogP contribution >= 0.6 is 0 Å². The van der Waals surface area contributed by atoms with Crippen molar-refractivity contribution in [3.05, 3.63) is 64.7 Å². The quantitative estimate of drug-likeness (QED) is 0.812. The molecule has 1 fully saturated rings. The third-order valence-corrected chi connectivity index (χ3v) is 5.30. The molecule has 1 atom stereocenters. The van der Waals surface area contributed by atoms with Gasteiger partial charge in [-0.1, -0.05) is 29.8 Å². The SMILES string of the molecule is Cc1ccc(C)c(CC(=O)Nc2cccc(C(=O)N3CCCCC3C(=O)O)c2)c1. The summed E-state index contributed by atoms with van der Waals surface area (Å²) in [5, 5.41) is 12.3. The van der Waals surface area contributed by atoms with E-state index in [0.29, 0.717) is 24.2 Å². The highest BCUT2D eigenvalue weighted by molar-refractivity contribution is 5.99. The third kappa shape index (κ3) is 5.02. The highest BCUT2D eigenvalue weighted by Gasteiger charge is 2.32. The van der Waals surface area contributed by atoms with Crippen molar-refractivity contribution in [3.8, 4) is 0 Å². The fraction of sp³-hybridized carbons (Fsp3) is 0.348. The van der Waals surface area contributed by atoms with Gasteiger partial charge in [0.15, 0.2) is 0 Å². The average Bonchev–Trinajstić information content (AvgIpc) is 2.70. The van der Waals surface area contributed by atoms with Crippen molar-refractivity contribution in [2.45, 2.75) is 45.6 Å². The summed E-state index contributed by atoms with van der Waals surface area (Å²) in [7, 11) is 0. The van der Waals surface area contributed by atoms with Crippen LogP contribution in [0.3, 0.4) is 0 Å². The fourth-order valence-corrected chi connectivity index (χ4v) is 3.70. The lowest BCUT2D eigenvalue weighted by atomic mass is 10.0. The zero-order valence-electron chi connectivity index (χ0n) is 16.8. The first-order valence-electron chi connectivity index (χ1n) is 9.85. The Kier molecular flexibility index (Phi) is 6.32. The Labute approximate surface area is 170 Å². The standard InChI is InChI=1S/C23H26N2O4/c1-15-9-10-16(2)18(12-15)14-21(26)24-19-7-5-6-17(13-19)22(27)25-11-4-3-8-20(25)23(28)29/h5-7,9-10,12-13,20H,3-4,8,11,14H2,1-2H3,(H,24,26)(H,28,29). The molecule has 29 heavy (non-hydrogen) atoms. The Morgan fingerprint density at radius 2 is 1.90 bits per heavy atom. The zero-order chi connectivity index (χ0) is 21.0. The van der Waals surface area contributed by atoms with Crippen LogP contribution in [0.5, 0.6) is 0 Å². The number of carbonyl (C=O) groups is 3. The van der Waals surface area contributed by atoms with Crippen LogP contribution in [0.25, 0.3) is 0 Å². The van der Waals surface area contributed by atoms with Gasteiger partial charge in [-0.15, -0.1) is 0 Å². The normalized spacial score (nSPS) is 16.3. The van der Waals surface area contributed by atoms with Crippen LogP contribution < -0.4 is 5.32 Å². The van der Waals surface area contributed by atoms with E-state index in [0.717, 1.165) is 29.5 Å². The molecule has 1 heterocycles. The van der Waals surface area contributed by atoms with Crippen LogP contribution in [0.1, 0.15) is 46.3 Å². The van der Waals surface area contributed by atoms with Gasteiger partial charge in [0.2, 0.25) is 5.91 Å². The number of nitrogens with one attached hydrogen (secondary N) is 1. The van der Waals surface area contributed by atoms with Gasteiger partial charge in [0, 0.05) is 17.8 Å². The summed E-state index contributed by atoms with van der Waals surface area (Å²) in [6, 6.07) is 11.9. The molecule has 0 saturated carbocycles. The first kappa shape index (κ1) is 20.6. The van der Waals surface area contributed by atoms with Gasteiger partial charge in [-0.05, 0) is 62.4 Å². The number of anilines is 1. The molecular weight excluding hydrogens is 368 g/mol. The number of aliphatic carboxylic acids is 1. The molecule has 1 saturated heterocycles. The minimum absolute atomic E-state index is 0.162. The summed E-state index contributed by atoms with van der Waals surface area (Å²) >= 11 is 0. The molecular formula is C23H26N2O4.